The van der Waals surface area contributed by atoms with Crippen molar-refractivity contribution in [1.29, 1.82) is 0 Å². The summed E-state index contributed by atoms with van der Waals surface area (Å²) in [5.74, 6) is 0.418. The van der Waals surface area contributed by atoms with E-state index < -0.39 is 5.54 Å². The molecule has 1 N–H and O–H groups in total. The zero-order valence-corrected chi connectivity index (χ0v) is 13.1. The van der Waals surface area contributed by atoms with Crippen LogP contribution in [0.25, 0.3) is 0 Å². The molecule has 3 fully saturated rings. The maximum absolute atomic E-state index is 12.6. The topological polar surface area (TPSA) is 41.6 Å². The summed E-state index contributed by atoms with van der Waals surface area (Å²) in [6.07, 6.45) is 7.17. The van der Waals surface area contributed by atoms with Crippen molar-refractivity contribution >= 4 is 5.97 Å². The molecule has 1 unspecified atom stereocenters. The van der Waals surface area contributed by atoms with Crippen molar-refractivity contribution in [2.75, 3.05) is 20.2 Å². The molecular formula is C16H28N2O2. The van der Waals surface area contributed by atoms with Crippen LogP contribution in [0.5, 0.6) is 0 Å². The standard InChI is InChI=1S/C16H28N2O2/c1-15(2)9-4-10-18(15)11-16(12-5-6-12,14(19)20-3)17-13-7-8-13/h12-13,17H,4-11H2,1-3H3. The third-order valence-corrected chi connectivity index (χ3v) is 5.38. The number of esters is 1. The summed E-state index contributed by atoms with van der Waals surface area (Å²) in [5.41, 5.74) is -0.253. The van der Waals surface area contributed by atoms with E-state index in [1.165, 1.54) is 32.8 Å². The van der Waals surface area contributed by atoms with Crippen LogP contribution in [-0.4, -0.2) is 48.2 Å². The van der Waals surface area contributed by atoms with Crippen molar-refractivity contribution in [1.82, 2.24) is 10.2 Å². The van der Waals surface area contributed by atoms with E-state index >= 15 is 0 Å². The molecule has 1 saturated heterocycles. The molecule has 2 aliphatic carbocycles. The Labute approximate surface area is 122 Å². The van der Waals surface area contributed by atoms with E-state index in [1.54, 1.807) is 0 Å². The molecule has 3 aliphatic rings. The Morgan fingerprint density at radius 2 is 2.05 bits per heavy atom. The van der Waals surface area contributed by atoms with Crippen LogP contribution in [-0.2, 0) is 9.53 Å². The molecule has 1 aliphatic heterocycles. The van der Waals surface area contributed by atoms with Crippen molar-refractivity contribution in [3.63, 3.8) is 0 Å². The lowest BCUT2D eigenvalue weighted by molar-refractivity contribution is -0.151. The number of nitrogens with zero attached hydrogens (tertiary/aromatic N) is 1. The summed E-state index contributed by atoms with van der Waals surface area (Å²) in [5, 5.41) is 3.67. The Morgan fingerprint density at radius 3 is 2.50 bits per heavy atom. The molecule has 0 bridgehead atoms. The molecule has 1 heterocycles. The summed E-state index contributed by atoms with van der Waals surface area (Å²) in [4.78, 5) is 15.1. The Morgan fingerprint density at radius 1 is 1.35 bits per heavy atom. The van der Waals surface area contributed by atoms with Crippen molar-refractivity contribution in [2.24, 2.45) is 5.92 Å². The monoisotopic (exact) mass is 280 g/mol. The van der Waals surface area contributed by atoms with Gasteiger partial charge in [-0.15, -0.1) is 0 Å². The van der Waals surface area contributed by atoms with Crippen molar-refractivity contribution < 1.29 is 9.53 Å². The summed E-state index contributed by atoms with van der Waals surface area (Å²) in [6.45, 7) is 6.51. The van der Waals surface area contributed by atoms with Gasteiger partial charge in [-0.3, -0.25) is 10.2 Å². The molecule has 1 atom stereocenters. The van der Waals surface area contributed by atoms with Crippen LogP contribution >= 0.6 is 0 Å². The normalized spacial score (nSPS) is 29.1. The van der Waals surface area contributed by atoms with Gasteiger partial charge >= 0.3 is 5.97 Å². The number of ether oxygens (including phenoxy) is 1. The van der Waals surface area contributed by atoms with E-state index in [-0.39, 0.29) is 11.5 Å². The first-order valence-corrected chi connectivity index (χ1v) is 8.09. The second-order valence-corrected chi connectivity index (χ2v) is 7.49. The molecule has 3 rings (SSSR count). The Bertz CT molecular complexity index is 388. The van der Waals surface area contributed by atoms with Crippen LogP contribution in [0.1, 0.15) is 52.4 Å². The average molecular weight is 280 g/mol. The van der Waals surface area contributed by atoms with Crippen LogP contribution in [0.15, 0.2) is 0 Å². The summed E-state index contributed by atoms with van der Waals surface area (Å²) in [7, 11) is 1.53. The lowest BCUT2D eigenvalue weighted by atomic mass is 9.90. The van der Waals surface area contributed by atoms with Crippen LogP contribution in [0.3, 0.4) is 0 Å². The number of carbonyl (C=O) groups excluding carboxylic acids is 1. The van der Waals surface area contributed by atoms with Gasteiger partial charge in [0, 0.05) is 18.1 Å². The highest BCUT2D eigenvalue weighted by atomic mass is 16.5. The minimum absolute atomic E-state index is 0.0467. The van der Waals surface area contributed by atoms with Gasteiger partial charge in [0.05, 0.1) is 7.11 Å². The highest BCUT2D eigenvalue weighted by Crippen LogP contribution is 2.44. The minimum atomic E-state index is -0.461. The largest absolute Gasteiger partial charge is 0.468 e. The average Bonchev–Trinajstić information content (AvgIpc) is 3.28. The van der Waals surface area contributed by atoms with Crippen molar-refractivity contribution in [3.8, 4) is 0 Å². The third-order valence-electron chi connectivity index (χ3n) is 5.38. The number of hydrogen-bond donors (Lipinski definition) is 1. The molecule has 4 nitrogen and oxygen atoms in total. The highest BCUT2D eigenvalue weighted by Gasteiger charge is 2.55. The van der Waals surface area contributed by atoms with Gasteiger partial charge in [0.25, 0.3) is 0 Å². The van der Waals surface area contributed by atoms with Gasteiger partial charge in [-0.05, 0) is 64.8 Å². The van der Waals surface area contributed by atoms with E-state index in [1.807, 2.05) is 0 Å². The van der Waals surface area contributed by atoms with Crippen LogP contribution in [0, 0.1) is 5.92 Å². The predicted octanol–water partition coefficient (Wildman–Crippen LogP) is 1.93. The van der Waals surface area contributed by atoms with E-state index in [0.29, 0.717) is 12.0 Å². The molecule has 0 aromatic carbocycles. The van der Waals surface area contributed by atoms with Gasteiger partial charge in [-0.25, -0.2) is 4.79 Å². The number of methoxy groups -OCH3 is 1. The molecule has 0 radical (unpaired) electrons. The van der Waals surface area contributed by atoms with Crippen LogP contribution < -0.4 is 5.32 Å². The number of carbonyl (C=O) groups is 1. The molecule has 0 spiro atoms. The summed E-state index contributed by atoms with van der Waals surface area (Å²) < 4.78 is 5.20. The Balaban J connectivity index is 1.81. The quantitative estimate of drug-likeness (QED) is 0.755. The number of rotatable bonds is 6. The molecule has 20 heavy (non-hydrogen) atoms. The molecule has 0 amide bonds. The van der Waals surface area contributed by atoms with E-state index in [9.17, 15) is 4.79 Å². The SMILES string of the molecule is COC(=O)C(CN1CCCC1(C)C)(NC1CC1)C1CC1. The van der Waals surface area contributed by atoms with Crippen LogP contribution in [0.4, 0.5) is 0 Å². The first kappa shape index (κ1) is 14.3. The summed E-state index contributed by atoms with van der Waals surface area (Å²) >= 11 is 0. The molecule has 0 aromatic heterocycles. The van der Waals surface area contributed by atoms with Gasteiger partial charge < -0.3 is 4.74 Å². The van der Waals surface area contributed by atoms with E-state index in [4.69, 9.17) is 4.74 Å². The fourth-order valence-corrected chi connectivity index (χ4v) is 3.69. The lowest BCUT2D eigenvalue weighted by Gasteiger charge is -2.41. The predicted molar refractivity (Wildman–Crippen MR) is 78.5 cm³/mol. The highest BCUT2D eigenvalue weighted by molar-refractivity contribution is 5.82. The maximum atomic E-state index is 12.6. The van der Waals surface area contributed by atoms with E-state index in [2.05, 4.69) is 24.1 Å². The molecule has 114 valence electrons. The number of likely N-dealkylation sites (tertiary alicyclic amines) is 1. The fourth-order valence-electron chi connectivity index (χ4n) is 3.69. The second-order valence-electron chi connectivity index (χ2n) is 7.49. The van der Waals surface area contributed by atoms with Crippen molar-refractivity contribution in [2.45, 2.75) is 69.5 Å². The number of nitrogens with one attached hydrogen (secondary N) is 1. The molecule has 0 aromatic rings. The van der Waals surface area contributed by atoms with Gasteiger partial charge in [0.2, 0.25) is 0 Å². The number of hydrogen-bond acceptors (Lipinski definition) is 4. The van der Waals surface area contributed by atoms with Crippen LogP contribution in [0.2, 0.25) is 0 Å². The fraction of sp³-hybridized carbons (Fsp3) is 0.938. The maximum Gasteiger partial charge on any atom is 0.327 e. The summed E-state index contributed by atoms with van der Waals surface area (Å²) in [6, 6.07) is 0.528. The smallest absolute Gasteiger partial charge is 0.327 e. The Hall–Kier alpha value is -0.610. The zero-order chi connectivity index (χ0) is 14.4. The van der Waals surface area contributed by atoms with Gasteiger partial charge in [-0.2, -0.15) is 0 Å². The van der Waals surface area contributed by atoms with E-state index in [0.717, 1.165) is 25.9 Å². The van der Waals surface area contributed by atoms with Gasteiger partial charge in [0.15, 0.2) is 0 Å². The first-order chi connectivity index (χ1) is 9.48. The van der Waals surface area contributed by atoms with Crippen molar-refractivity contribution in [3.05, 3.63) is 0 Å². The van der Waals surface area contributed by atoms with Gasteiger partial charge in [0.1, 0.15) is 5.54 Å². The Kier molecular flexibility index (Phi) is 3.57. The zero-order valence-electron chi connectivity index (χ0n) is 13.1. The molecule has 4 heteroatoms. The molecule has 2 saturated carbocycles. The molecular weight excluding hydrogens is 252 g/mol. The second kappa shape index (κ2) is 4.99. The lowest BCUT2D eigenvalue weighted by Crippen LogP contribution is -2.63. The van der Waals surface area contributed by atoms with Gasteiger partial charge in [-0.1, -0.05) is 0 Å². The third kappa shape index (κ3) is 2.60. The first-order valence-electron chi connectivity index (χ1n) is 8.09. The minimum Gasteiger partial charge on any atom is -0.468 e.